The third kappa shape index (κ3) is 4.40. The first-order valence-corrected chi connectivity index (χ1v) is 3.12. The van der Waals surface area contributed by atoms with Crippen molar-refractivity contribution in [2.24, 2.45) is 0 Å². The third-order valence-corrected chi connectivity index (χ3v) is 1.16. The fraction of sp³-hybridized carbons (Fsp3) is 0. The van der Waals surface area contributed by atoms with Gasteiger partial charge in [-0.3, -0.25) is 0 Å². The summed E-state index contributed by atoms with van der Waals surface area (Å²) < 4.78 is 8.87. The summed E-state index contributed by atoms with van der Waals surface area (Å²) in [5.74, 6) is 0.824. The Balaban J connectivity index is 3.75. The lowest BCUT2D eigenvalue weighted by Crippen LogP contribution is -1.74. The van der Waals surface area contributed by atoms with Crippen molar-refractivity contribution in [1.82, 2.24) is 0 Å². The van der Waals surface area contributed by atoms with E-state index in [1.165, 1.54) is 0 Å². The molecule has 0 rings (SSSR count). The lowest BCUT2D eigenvalue weighted by atomic mass is 10.4. The Labute approximate surface area is 71.5 Å². The second kappa shape index (κ2) is 5.32. The van der Waals surface area contributed by atoms with E-state index in [0.29, 0.717) is 11.5 Å². The zero-order valence-electron chi connectivity index (χ0n) is 5.28. The van der Waals surface area contributed by atoms with Crippen LogP contribution in [0.1, 0.15) is 0 Å². The van der Waals surface area contributed by atoms with Crippen molar-refractivity contribution in [3.05, 3.63) is 36.8 Å². The van der Waals surface area contributed by atoms with Gasteiger partial charge in [0.15, 0.2) is 0 Å². The zero-order chi connectivity index (χ0) is 7.98. The maximum Gasteiger partial charge on any atom is 0.129 e. The summed E-state index contributed by atoms with van der Waals surface area (Å²) in [5, 5.41) is 0. The summed E-state index contributed by atoms with van der Waals surface area (Å²) in [7, 11) is 0. The molecule has 0 spiro atoms. The molecule has 56 valence electrons. The minimum Gasteiger partial charge on any atom is -0.430 e. The van der Waals surface area contributed by atoms with E-state index in [9.17, 15) is 0 Å². The van der Waals surface area contributed by atoms with Crippen LogP contribution in [-0.2, 0) is 8.37 Å². The van der Waals surface area contributed by atoms with E-state index in [1.54, 1.807) is 12.2 Å². The Morgan fingerprint density at radius 2 is 1.30 bits per heavy atom. The molecule has 0 aromatic rings. The first-order valence-electron chi connectivity index (χ1n) is 2.39. The molecule has 0 aliphatic rings. The molecular weight excluding hydrogens is 168 g/mol. The van der Waals surface area contributed by atoms with Gasteiger partial charge in [-0.05, 0) is 12.2 Å². The van der Waals surface area contributed by atoms with Crippen LogP contribution in [0.25, 0.3) is 0 Å². The van der Waals surface area contributed by atoms with E-state index < -0.39 is 0 Å². The van der Waals surface area contributed by atoms with Gasteiger partial charge in [0.1, 0.15) is 11.5 Å². The van der Waals surface area contributed by atoms with Gasteiger partial charge >= 0.3 is 0 Å². The highest BCUT2D eigenvalue weighted by Crippen LogP contribution is 2.03. The van der Waals surface area contributed by atoms with E-state index in [1.807, 2.05) is 0 Å². The summed E-state index contributed by atoms with van der Waals surface area (Å²) in [5.41, 5.74) is 0. The average molecular weight is 176 g/mol. The van der Waals surface area contributed by atoms with Crippen molar-refractivity contribution in [2.45, 2.75) is 0 Å². The minimum atomic E-state index is 0.412. The normalized spacial score (nSPS) is 9.40. The van der Waals surface area contributed by atoms with Crippen LogP contribution in [0.5, 0.6) is 0 Å². The lowest BCUT2D eigenvalue weighted by molar-refractivity contribution is 0.524. The number of hydrogen-bond acceptors (Lipinski definition) is 4. The van der Waals surface area contributed by atoms with Gasteiger partial charge in [-0.25, -0.2) is 0 Å². The fourth-order valence-electron chi connectivity index (χ4n) is 0.247. The number of thiol groups is 2. The molecule has 4 heteroatoms. The third-order valence-electron chi connectivity index (χ3n) is 0.690. The molecule has 0 N–H and O–H groups in total. The summed E-state index contributed by atoms with van der Waals surface area (Å²) in [4.78, 5) is 0. The van der Waals surface area contributed by atoms with E-state index in [2.05, 4.69) is 47.3 Å². The maximum atomic E-state index is 4.44. The lowest BCUT2D eigenvalue weighted by Gasteiger charge is -1.94. The highest BCUT2D eigenvalue weighted by atomic mass is 32.1. The van der Waals surface area contributed by atoms with Crippen molar-refractivity contribution in [3.8, 4) is 0 Å². The van der Waals surface area contributed by atoms with Crippen molar-refractivity contribution in [3.63, 3.8) is 0 Å². The van der Waals surface area contributed by atoms with Crippen molar-refractivity contribution < 1.29 is 8.37 Å². The van der Waals surface area contributed by atoms with Crippen LogP contribution in [0.15, 0.2) is 36.8 Å². The molecule has 10 heavy (non-hydrogen) atoms. The second-order valence-corrected chi connectivity index (χ2v) is 1.81. The molecule has 2 nitrogen and oxygen atoms in total. The first-order chi connectivity index (χ1) is 4.70. The monoisotopic (exact) mass is 176 g/mol. The summed E-state index contributed by atoms with van der Waals surface area (Å²) in [6, 6.07) is 0. The smallest absolute Gasteiger partial charge is 0.129 e. The van der Waals surface area contributed by atoms with Crippen LogP contribution in [-0.4, -0.2) is 0 Å². The van der Waals surface area contributed by atoms with Crippen LogP contribution in [0.3, 0.4) is 0 Å². The zero-order valence-corrected chi connectivity index (χ0v) is 7.07. The van der Waals surface area contributed by atoms with Gasteiger partial charge in [0, 0.05) is 25.8 Å². The molecule has 0 amide bonds. The predicted octanol–water partition coefficient (Wildman–Crippen LogP) is 2.29. The molecule has 0 aromatic heterocycles. The van der Waals surface area contributed by atoms with E-state index in [-0.39, 0.29) is 0 Å². The van der Waals surface area contributed by atoms with E-state index in [4.69, 9.17) is 0 Å². The predicted molar refractivity (Wildman–Crippen MR) is 47.6 cm³/mol. The highest BCUT2D eigenvalue weighted by Gasteiger charge is 1.85. The summed E-state index contributed by atoms with van der Waals surface area (Å²) in [6.07, 6.45) is 3.12. The van der Waals surface area contributed by atoms with E-state index in [0.717, 1.165) is 0 Å². The quantitative estimate of drug-likeness (QED) is 0.296. The molecule has 0 fully saturated rings. The first kappa shape index (κ1) is 9.52. The van der Waals surface area contributed by atoms with E-state index >= 15 is 0 Å². The Bertz CT molecular complexity index is 145. The molecular formula is C6H8O2S2. The van der Waals surface area contributed by atoms with Gasteiger partial charge in [0.25, 0.3) is 0 Å². The van der Waals surface area contributed by atoms with Crippen molar-refractivity contribution >= 4 is 25.8 Å². The second-order valence-electron chi connectivity index (χ2n) is 1.45. The number of rotatable bonds is 4. The molecule has 0 atom stereocenters. The highest BCUT2D eigenvalue weighted by molar-refractivity contribution is 7.75. The van der Waals surface area contributed by atoms with Crippen molar-refractivity contribution in [2.75, 3.05) is 0 Å². The number of allylic oxidation sites excluding steroid dienone is 2. The summed E-state index contributed by atoms with van der Waals surface area (Å²) >= 11 is 7.01. The van der Waals surface area contributed by atoms with Crippen LogP contribution in [0.2, 0.25) is 0 Å². The molecule has 0 aliphatic heterocycles. The molecule has 0 heterocycles. The van der Waals surface area contributed by atoms with Crippen LogP contribution in [0.4, 0.5) is 0 Å². The van der Waals surface area contributed by atoms with Gasteiger partial charge in [0.05, 0.1) is 0 Å². The average Bonchev–Trinajstić information content (AvgIpc) is 1.99. The van der Waals surface area contributed by atoms with Crippen molar-refractivity contribution in [1.29, 1.82) is 0 Å². The Kier molecular flexibility index (Phi) is 5.06. The fourth-order valence-corrected chi connectivity index (χ4v) is 0.368. The van der Waals surface area contributed by atoms with Gasteiger partial charge in [0.2, 0.25) is 0 Å². The Morgan fingerprint density at radius 3 is 1.50 bits per heavy atom. The minimum absolute atomic E-state index is 0.412. The molecule has 0 bridgehead atoms. The van der Waals surface area contributed by atoms with Crippen LogP contribution >= 0.6 is 25.8 Å². The largest absolute Gasteiger partial charge is 0.430 e. The number of hydrogen-bond donors (Lipinski definition) is 2. The topological polar surface area (TPSA) is 18.5 Å². The molecule has 0 unspecified atom stereocenters. The maximum absolute atomic E-state index is 4.44. The molecule has 0 saturated heterocycles. The molecule has 0 aromatic carbocycles. The molecule has 0 aliphatic carbocycles. The summed E-state index contributed by atoms with van der Waals surface area (Å²) in [6.45, 7) is 6.94. The van der Waals surface area contributed by atoms with Gasteiger partial charge in [-0.15, -0.1) is 0 Å². The van der Waals surface area contributed by atoms with Crippen LogP contribution in [0, 0.1) is 0 Å². The van der Waals surface area contributed by atoms with Gasteiger partial charge < -0.3 is 8.37 Å². The van der Waals surface area contributed by atoms with Crippen LogP contribution < -0.4 is 0 Å². The van der Waals surface area contributed by atoms with Gasteiger partial charge in [-0.2, -0.15) is 0 Å². The SMILES string of the molecule is C=C(/C=C\C(=C)OS)OS. The Hall–Kier alpha value is -0.480. The molecule has 0 radical (unpaired) electrons. The van der Waals surface area contributed by atoms with Gasteiger partial charge in [-0.1, -0.05) is 13.2 Å². The molecule has 0 saturated carbocycles. The Morgan fingerprint density at radius 1 is 1.00 bits per heavy atom. The standard InChI is InChI=1S/C6H8O2S2/c1-5(7-9)3-4-6(2)8-10/h3-4,9-10H,1-2H2/b4-3-.